The van der Waals surface area contributed by atoms with Gasteiger partial charge in [-0.25, -0.2) is 14.0 Å². The van der Waals surface area contributed by atoms with E-state index in [4.69, 9.17) is 5.11 Å². The van der Waals surface area contributed by atoms with Crippen molar-refractivity contribution < 1.29 is 19.1 Å². The average Bonchev–Trinajstić information content (AvgIpc) is 2.67. The van der Waals surface area contributed by atoms with Gasteiger partial charge in [0.1, 0.15) is 11.4 Å². The van der Waals surface area contributed by atoms with Gasteiger partial charge in [0.15, 0.2) is 0 Å². The molecule has 110 valence electrons. The number of aromatic carboxylic acids is 1. The van der Waals surface area contributed by atoms with Crippen molar-refractivity contribution in [3.63, 3.8) is 0 Å². The molecule has 0 aliphatic rings. The van der Waals surface area contributed by atoms with E-state index in [9.17, 15) is 14.0 Å². The zero-order valence-electron chi connectivity index (χ0n) is 11.3. The van der Waals surface area contributed by atoms with Gasteiger partial charge in [0.2, 0.25) is 0 Å². The van der Waals surface area contributed by atoms with Gasteiger partial charge in [-0.2, -0.15) is 5.10 Å². The fraction of sp³-hybridized carbons (Fsp3) is 0.154. The number of hydrogen-bond donors (Lipinski definition) is 3. The Morgan fingerprint density at radius 1 is 1.29 bits per heavy atom. The van der Waals surface area contributed by atoms with Crippen LogP contribution in [-0.2, 0) is 7.05 Å². The van der Waals surface area contributed by atoms with E-state index in [1.807, 2.05) is 0 Å². The first-order valence-electron chi connectivity index (χ1n) is 5.98. The fourth-order valence-electron chi connectivity index (χ4n) is 1.84. The number of nitrogens with zero attached hydrogens (tertiary/aromatic N) is 2. The maximum Gasteiger partial charge on any atom is 0.340 e. The van der Waals surface area contributed by atoms with Gasteiger partial charge in [0.25, 0.3) is 0 Å². The van der Waals surface area contributed by atoms with E-state index >= 15 is 0 Å². The van der Waals surface area contributed by atoms with Crippen LogP contribution >= 0.6 is 0 Å². The molecule has 3 N–H and O–H groups in total. The Labute approximate surface area is 119 Å². The highest BCUT2D eigenvalue weighted by Crippen LogP contribution is 2.19. The molecule has 0 spiro atoms. The molecule has 1 aromatic carbocycles. The molecule has 1 heterocycles. The van der Waals surface area contributed by atoms with Crippen LogP contribution in [0.4, 0.5) is 20.6 Å². The van der Waals surface area contributed by atoms with Gasteiger partial charge in [-0.3, -0.25) is 4.68 Å². The van der Waals surface area contributed by atoms with Crippen molar-refractivity contribution >= 4 is 23.4 Å². The molecule has 8 heteroatoms. The number of urea groups is 1. The number of carboxylic acid groups (broad SMARTS) is 1. The van der Waals surface area contributed by atoms with Crippen LogP contribution < -0.4 is 10.6 Å². The number of carboxylic acids is 1. The predicted octanol–water partition coefficient (Wildman–Crippen LogP) is 2.21. The predicted molar refractivity (Wildman–Crippen MR) is 73.9 cm³/mol. The summed E-state index contributed by atoms with van der Waals surface area (Å²) in [6, 6.07) is 2.95. The SMILES string of the molecule is Cc1nn(C)cc1NC(=O)Nc1cccc(F)c1C(=O)O. The molecule has 0 aliphatic carbocycles. The minimum absolute atomic E-state index is 0.124. The quantitative estimate of drug-likeness (QED) is 0.808. The van der Waals surface area contributed by atoms with Gasteiger partial charge in [0.05, 0.1) is 17.1 Å². The van der Waals surface area contributed by atoms with E-state index in [1.54, 1.807) is 20.2 Å². The van der Waals surface area contributed by atoms with Crippen molar-refractivity contribution in [1.82, 2.24) is 9.78 Å². The number of hydrogen-bond acceptors (Lipinski definition) is 3. The third-order valence-corrected chi connectivity index (χ3v) is 2.74. The van der Waals surface area contributed by atoms with Gasteiger partial charge in [-0.1, -0.05) is 6.07 Å². The van der Waals surface area contributed by atoms with Crippen LogP contribution in [-0.4, -0.2) is 26.9 Å². The van der Waals surface area contributed by atoms with Crippen LogP contribution in [0.2, 0.25) is 0 Å². The maximum absolute atomic E-state index is 13.5. The first-order valence-corrected chi connectivity index (χ1v) is 5.98. The number of aromatic nitrogens is 2. The van der Waals surface area contributed by atoms with E-state index in [-0.39, 0.29) is 5.69 Å². The number of benzene rings is 1. The molecule has 0 bridgehead atoms. The van der Waals surface area contributed by atoms with E-state index in [1.165, 1.54) is 16.8 Å². The summed E-state index contributed by atoms with van der Waals surface area (Å²) >= 11 is 0. The van der Waals surface area contributed by atoms with Crippen LogP contribution in [0.15, 0.2) is 24.4 Å². The van der Waals surface area contributed by atoms with Crippen molar-refractivity contribution in [2.24, 2.45) is 7.05 Å². The highest BCUT2D eigenvalue weighted by molar-refractivity contribution is 6.04. The van der Waals surface area contributed by atoms with E-state index < -0.39 is 23.4 Å². The summed E-state index contributed by atoms with van der Waals surface area (Å²) < 4.78 is 15.0. The lowest BCUT2D eigenvalue weighted by atomic mass is 10.1. The second-order valence-corrected chi connectivity index (χ2v) is 4.35. The number of carbonyl (C=O) groups is 2. The van der Waals surface area contributed by atoms with Crippen LogP contribution in [0.25, 0.3) is 0 Å². The number of carbonyl (C=O) groups excluding carboxylic acids is 1. The molecule has 7 nitrogen and oxygen atoms in total. The standard InChI is InChI=1S/C13H13FN4O3/c1-7-10(6-18(2)17-7)16-13(21)15-9-5-3-4-8(14)11(9)12(19)20/h3-6H,1-2H3,(H,19,20)(H2,15,16,21). The molecule has 0 radical (unpaired) electrons. The normalized spacial score (nSPS) is 10.2. The first-order chi connectivity index (χ1) is 9.88. The summed E-state index contributed by atoms with van der Waals surface area (Å²) in [4.78, 5) is 22.9. The number of nitrogens with one attached hydrogen (secondary N) is 2. The topological polar surface area (TPSA) is 96.3 Å². The number of halogens is 1. The van der Waals surface area contributed by atoms with Crippen LogP contribution in [0.5, 0.6) is 0 Å². The number of rotatable bonds is 3. The minimum Gasteiger partial charge on any atom is -0.478 e. The summed E-state index contributed by atoms with van der Waals surface area (Å²) in [7, 11) is 1.70. The molecule has 0 saturated carbocycles. The lowest BCUT2D eigenvalue weighted by Gasteiger charge is -2.09. The second-order valence-electron chi connectivity index (χ2n) is 4.35. The van der Waals surface area contributed by atoms with Gasteiger partial charge in [0, 0.05) is 13.2 Å². The molecule has 0 saturated heterocycles. The molecule has 0 atom stereocenters. The van der Waals surface area contributed by atoms with Gasteiger partial charge < -0.3 is 15.7 Å². The second kappa shape index (κ2) is 5.61. The van der Waals surface area contributed by atoms with E-state index in [2.05, 4.69) is 15.7 Å². The number of aryl methyl sites for hydroxylation is 2. The lowest BCUT2D eigenvalue weighted by molar-refractivity contribution is 0.0693. The Morgan fingerprint density at radius 3 is 2.52 bits per heavy atom. The number of anilines is 2. The average molecular weight is 292 g/mol. The molecule has 0 unspecified atom stereocenters. The van der Waals surface area contributed by atoms with Gasteiger partial charge in [-0.05, 0) is 19.1 Å². The van der Waals surface area contributed by atoms with Crippen molar-refractivity contribution in [3.05, 3.63) is 41.5 Å². The molecule has 0 aliphatic heterocycles. The van der Waals surface area contributed by atoms with Crippen LogP contribution in [0.1, 0.15) is 16.1 Å². The zero-order chi connectivity index (χ0) is 15.6. The monoisotopic (exact) mass is 292 g/mol. The summed E-state index contributed by atoms with van der Waals surface area (Å²) in [5.74, 6) is -2.38. The van der Waals surface area contributed by atoms with Gasteiger partial charge in [-0.15, -0.1) is 0 Å². The molecule has 21 heavy (non-hydrogen) atoms. The largest absolute Gasteiger partial charge is 0.478 e. The van der Waals surface area contributed by atoms with Gasteiger partial charge >= 0.3 is 12.0 Å². The summed E-state index contributed by atoms with van der Waals surface area (Å²) in [5, 5.41) is 17.8. The third-order valence-electron chi connectivity index (χ3n) is 2.74. The summed E-state index contributed by atoms with van der Waals surface area (Å²) in [6.07, 6.45) is 1.60. The van der Waals surface area contributed by atoms with Crippen LogP contribution in [0.3, 0.4) is 0 Å². The van der Waals surface area contributed by atoms with Crippen molar-refractivity contribution in [2.45, 2.75) is 6.92 Å². The fourth-order valence-corrected chi connectivity index (χ4v) is 1.84. The van der Waals surface area contributed by atoms with Crippen LogP contribution in [0, 0.1) is 12.7 Å². The molecule has 2 amide bonds. The first kappa shape index (κ1) is 14.5. The van der Waals surface area contributed by atoms with E-state index in [0.29, 0.717) is 11.4 Å². The smallest absolute Gasteiger partial charge is 0.340 e. The highest BCUT2D eigenvalue weighted by atomic mass is 19.1. The van der Waals surface area contributed by atoms with E-state index in [0.717, 1.165) is 6.07 Å². The Bertz CT molecular complexity index is 711. The maximum atomic E-state index is 13.5. The van der Waals surface area contributed by atoms with Crippen molar-refractivity contribution in [3.8, 4) is 0 Å². The summed E-state index contributed by atoms with van der Waals surface area (Å²) in [5.41, 5.74) is 0.366. The summed E-state index contributed by atoms with van der Waals surface area (Å²) in [6.45, 7) is 1.71. The molecule has 1 aromatic heterocycles. The lowest BCUT2D eigenvalue weighted by Crippen LogP contribution is -2.21. The van der Waals surface area contributed by atoms with Crippen molar-refractivity contribution in [2.75, 3.05) is 10.6 Å². The Kier molecular flexibility index (Phi) is 3.88. The minimum atomic E-state index is -1.46. The molecular formula is C13H13FN4O3. The zero-order valence-corrected chi connectivity index (χ0v) is 11.3. The Morgan fingerprint density at radius 2 is 1.95 bits per heavy atom. The highest BCUT2D eigenvalue weighted by Gasteiger charge is 2.17. The molecule has 2 rings (SSSR count). The Hall–Kier alpha value is -2.90. The Balaban J connectivity index is 2.19. The molecular weight excluding hydrogens is 279 g/mol. The van der Waals surface area contributed by atoms with Crippen molar-refractivity contribution in [1.29, 1.82) is 0 Å². The molecule has 0 fully saturated rings. The number of amides is 2. The molecule has 2 aromatic rings. The third kappa shape index (κ3) is 3.16.